The van der Waals surface area contributed by atoms with Crippen molar-refractivity contribution in [1.82, 2.24) is 5.32 Å². The summed E-state index contributed by atoms with van der Waals surface area (Å²) >= 11 is 0. The second-order valence-corrected chi connectivity index (χ2v) is 6.58. The molecule has 1 heterocycles. The molecule has 0 bridgehead atoms. The molecule has 2 aliphatic rings. The highest BCUT2D eigenvalue weighted by Crippen LogP contribution is 2.35. The molecule has 3 nitrogen and oxygen atoms in total. The molecule has 0 aromatic heterocycles. The van der Waals surface area contributed by atoms with E-state index >= 15 is 0 Å². The van der Waals surface area contributed by atoms with Gasteiger partial charge >= 0.3 is 0 Å². The van der Waals surface area contributed by atoms with Crippen molar-refractivity contribution < 1.29 is 0 Å². The molecule has 0 radical (unpaired) electrons. The maximum atomic E-state index is 7.52. The molecule has 0 amide bonds. The number of fused-ring (bicyclic) bond motifs is 1. The molecular weight excluding hydrogens is 378 g/mol. The molecule has 0 saturated carbocycles. The van der Waals surface area contributed by atoms with Gasteiger partial charge in [-0.25, -0.2) is 0 Å². The third-order valence-corrected chi connectivity index (χ3v) is 4.77. The Kier molecular flexibility index (Phi) is 12.3. The first-order chi connectivity index (χ1) is 15.3. The number of hydrogen-bond donors (Lipinski definition) is 2. The van der Waals surface area contributed by atoms with Crippen molar-refractivity contribution in [2.75, 3.05) is 7.05 Å². The summed E-state index contributed by atoms with van der Waals surface area (Å²) in [6, 6.07) is 10.4. The van der Waals surface area contributed by atoms with E-state index in [1.54, 1.807) is 0 Å². The van der Waals surface area contributed by atoms with Crippen LogP contribution in [0.4, 0.5) is 0 Å². The van der Waals surface area contributed by atoms with Gasteiger partial charge < -0.3 is 10.7 Å². The highest BCUT2D eigenvalue weighted by molar-refractivity contribution is 6.08. The Hall–Kier alpha value is -3.20. The molecule has 0 spiro atoms. The van der Waals surface area contributed by atoms with Crippen LogP contribution in [0.3, 0.4) is 0 Å². The van der Waals surface area contributed by atoms with Crippen molar-refractivity contribution in [2.45, 2.75) is 40.5 Å². The molecule has 1 atom stereocenters. The number of aliphatic imine (C=N–C) groups is 1. The van der Waals surface area contributed by atoms with Crippen molar-refractivity contribution in [2.24, 2.45) is 10.9 Å². The fraction of sp³-hybridized carbons (Fsp3) is 0.286. The van der Waals surface area contributed by atoms with Gasteiger partial charge in [0, 0.05) is 31.6 Å². The van der Waals surface area contributed by atoms with Gasteiger partial charge in [-0.1, -0.05) is 94.5 Å². The summed E-state index contributed by atoms with van der Waals surface area (Å²) in [6.45, 7) is 11.9. The molecule has 164 valence electrons. The molecule has 1 aromatic rings. The van der Waals surface area contributed by atoms with E-state index in [9.17, 15) is 0 Å². The monoisotopic (exact) mass is 415 g/mol. The minimum Gasteiger partial charge on any atom is -0.393 e. The summed E-state index contributed by atoms with van der Waals surface area (Å²) in [6.07, 6.45) is 17.1. The van der Waals surface area contributed by atoms with E-state index in [1.165, 1.54) is 22.9 Å². The van der Waals surface area contributed by atoms with E-state index in [4.69, 9.17) is 10.4 Å². The average Bonchev–Trinajstić information content (AvgIpc) is 3.26. The number of allylic oxidation sites excluding steroid dienone is 9. The van der Waals surface area contributed by atoms with Crippen LogP contribution in [-0.4, -0.2) is 19.0 Å². The molecular formula is C28H37N3. The topological polar surface area (TPSA) is 48.2 Å². The van der Waals surface area contributed by atoms with Gasteiger partial charge in [0.2, 0.25) is 0 Å². The molecule has 0 saturated heterocycles. The van der Waals surface area contributed by atoms with Gasteiger partial charge in [-0.3, -0.25) is 4.99 Å². The molecule has 1 aliphatic carbocycles. The molecule has 1 aromatic carbocycles. The Morgan fingerprint density at radius 3 is 2.45 bits per heavy atom. The Labute approximate surface area is 188 Å². The third-order valence-electron chi connectivity index (χ3n) is 4.77. The zero-order valence-corrected chi connectivity index (χ0v) is 19.7. The molecule has 31 heavy (non-hydrogen) atoms. The highest BCUT2D eigenvalue weighted by Gasteiger charge is 2.28. The van der Waals surface area contributed by atoms with E-state index in [2.05, 4.69) is 54.4 Å². The fourth-order valence-corrected chi connectivity index (χ4v) is 3.51. The lowest BCUT2D eigenvalue weighted by Crippen LogP contribution is -2.18. The van der Waals surface area contributed by atoms with Crippen LogP contribution in [0.15, 0.2) is 107 Å². The molecule has 2 N–H and O–H groups in total. The van der Waals surface area contributed by atoms with Crippen molar-refractivity contribution in [3.05, 3.63) is 108 Å². The SMILES string of the molecule is C=C/C(=C\NC)C1=CN=C2C(C/C(=C/C=N)Cc3ccccc3)=CC=CC12.CC.CC. The minimum absolute atomic E-state index is 0.167. The second kappa shape index (κ2) is 14.7. The van der Waals surface area contributed by atoms with Crippen molar-refractivity contribution in [3.8, 4) is 0 Å². The van der Waals surface area contributed by atoms with Crippen LogP contribution >= 0.6 is 0 Å². The Bertz CT molecular complexity index is 893. The lowest BCUT2D eigenvalue weighted by atomic mass is 9.82. The first-order valence-corrected chi connectivity index (χ1v) is 11.1. The second-order valence-electron chi connectivity index (χ2n) is 6.58. The number of benzene rings is 1. The van der Waals surface area contributed by atoms with Crippen LogP contribution in [-0.2, 0) is 6.42 Å². The van der Waals surface area contributed by atoms with Gasteiger partial charge in [0.05, 0.1) is 5.71 Å². The molecule has 0 fully saturated rings. The van der Waals surface area contributed by atoms with Crippen molar-refractivity contribution in [1.29, 1.82) is 5.41 Å². The summed E-state index contributed by atoms with van der Waals surface area (Å²) < 4.78 is 0. The first-order valence-electron chi connectivity index (χ1n) is 11.1. The van der Waals surface area contributed by atoms with E-state index in [0.29, 0.717) is 0 Å². The van der Waals surface area contributed by atoms with Gasteiger partial charge in [0.15, 0.2) is 0 Å². The summed E-state index contributed by atoms with van der Waals surface area (Å²) in [5.41, 5.74) is 7.00. The van der Waals surface area contributed by atoms with Crippen molar-refractivity contribution >= 4 is 11.9 Å². The van der Waals surface area contributed by atoms with Gasteiger partial charge in [-0.15, -0.1) is 0 Å². The van der Waals surface area contributed by atoms with E-state index in [0.717, 1.165) is 29.7 Å². The van der Waals surface area contributed by atoms with Crippen molar-refractivity contribution in [3.63, 3.8) is 0 Å². The van der Waals surface area contributed by atoms with Crippen LogP contribution in [0.2, 0.25) is 0 Å². The first kappa shape index (κ1) is 25.8. The molecule has 3 rings (SSSR count). The quantitative estimate of drug-likeness (QED) is 0.349. The fourth-order valence-electron chi connectivity index (χ4n) is 3.51. The number of rotatable bonds is 8. The zero-order chi connectivity index (χ0) is 23.1. The number of nitrogens with one attached hydrogen (secondary N) is 2. The van der Waals surface area contributed by atoms with Crippen LogP contribution < -0.4 is 5.32 Å². The summed E-state index contributed by atoms with van der Waals surface area (Å²) in [7, 11) is 1.89. The number of nitrogens with zero attached hydrogens (tertiary/aromatic N) is 1. The van der Waals surface area contributed by atoms with Crippen LogP contribution in [0.1, 0.15) is 39.7 Å². The van der Waals surface area contributed by atoms with Crippen LogP contribution in [0.5, 0.6) is 0 Å². The normalized spacial score (nSPS) is 16.9. The summed E-state index contributed by atoms with van der Waals surface area (Å²) in [5.74, 6) is 0.167. The summed E-state index contributed by atoms with van der Waals surface area (Å²) in [5, 5.41) is 10.6. The highest BCUT2D eigenvalue weighted by atomic mass is 14.8. The number of hydrogen-bond acceptors (Lipinski definition) is 3. The van der Waals surface area contributed by atoms with Gasteiger partial charge in [0.25, 0.3) is 0 Å². The van der Waals surface area contributed by atoms with E-state index < -0.39 is 0 Å². The smallest absolute Gasteiger partial charge is 0.0552 e. The van der Waals surface area contributed by atoms with Gasteiger partial charge in [-0.2, -0.15) is 0 Å². The van der Waals surface area contributed by atoms with E-state index in [-0.39, 0.29) is 5.92 Å². The lowest BCUT2D eigenvalue weighted by molar-refractivity contribution is 0.996. The molecule has 1 unspecified atom stereocenters. The maximum absolute atomic E-state index is 7.52. The van der Waals surface area contributed by atoms with Gasteiger partial charge in [0.1, 0.15) is 0 Å². The molecule has 1 aliphatic heterocycles. The Balaban J connectivity index is 0.00000113. The maximum Gasteiger partial charge on any atom is 0.0552 e. The largest absolute Gasteiger partial charge is 0.393 e. The zero-order valence-electron chi connectivity index (χ0n) is 19.7. The molecule has 3 heteroatoms. The minimum atomic E-state index is 0.167. The standard InChI is InChI=1S/C24H25N3.2C2H6/c1-3-20(16-26-2)23-17-27-24-21(10-7-11-22(23)24)15-19(12-13-25)14-18-8-5-4-6-9-18;2*1-2/h3-13,16-17,22,25-26H,1,14-15H2,2H3;2*1-2H3/b19-12+,20-16+,25-13?;;. The predicted molar refractivity (Wildman–Crippen MR) is 138 cm³/mol. The van der Waals surface area contributed by atoms with Gasteiger partial charge in [-0.05, 0) is 41.2 Å². The Morgan fingerprint density at radius 2 is 1.84 bits per heavy atom. The van der Waals surface area contributed by atoms with E-state index in [1.807, 2.05) is 65.4 Å². The Morgan fingerprint density at radius 1 is 1.13 bits per heavy atom. The average molecular weight is 416 g/mol. The van der Waals surface area contributed by atoms with Crippen LogP contribution in [0.25, 0.3) is 0 Å². The summed E-state index contributed by atoms with van der Waals surface area (Å²) in [4.78, 5) is 4.73. The predicted octanol–water partition coefficient (Wildman–Crippen LogP) is 6.99. The lowest BCUT2D eigenvalue weighted by Gasteiger charge is -2.21. The third kappa shape index (κ3) is 7.21. The van der Waals surface area contributed by atoms with Crippen LogP contribution in [0, 0.1) is 11.3 Å².